The lowest BCUT2D eigenvalue weighted by Gasteiger charge is -2.46. The second-order valence-electron chi connectivity index (χ2n) is 13.5. The summed E-state index contributed by atoms with van der Waals surface area (Å²) >= 11 is 0. The largest absolute Gasteiger partial charge is 0.507 e. The van der Waals surface area contributed by atoms with Gasteiger partial charge in [0.2, 0.25) is 0 Å². The maximum Gasteiger partial charge on any atom is 0.132 e. The maximum absolute atomic E-state index is 11.5. The molecule has 0 bridgehead atoms. The molecule has 45 heavy (non-hydrogen) atoms. The summed E-state index contributed by atoms with van der Waals surface area (Å²) in [5, 5.41) is 11.5. The van der Waals surface area contributed by atoms with Crippen molar-refractivity contribution in [2.45, 2.75) is 110 Å². The molecule has 0 saturated heterocycles. The number of phenolic OH excluding ortho intramolecular Hbond substituents is 1. The number of fused-ring (bicyclic) bond motifs is 2. The highest BCUT2D eigenvalue weighted by Crippen LogP contribution is 2.51. The van der Waals surface area contributed by atoms with Gasteiger partial charge in [-0.05, 0) is 110 Å². The van der Waals surface area contributed by atoms with Crippen molar-refractivity contribution in [2.24, 2.45) is 0 Å². The molecule has 0 spiro atoms. The quantitative estimate of drug-likeness (QED) is 0.175. The summed E-state index contributed by atoms with van der Waals surface area (Å²) in [6, 6.07) is 21.5. The van der Waals surface area contributed by atoms with E-state index in [1.54, 1.807) is 0 Å². The molecule has 2 aliphatic heterocycles. The molecule has 0 aliphatic carbocycles. The van der Waals surface area contributed by atoms with Crippen LogP contribution >= 0.6 is 0 Å². The Hall–Kier alpha value is -3.30. The van der Waals surface area contributed by atoms with E-state index in [9.17, 15) is 5.11 Å². The Balaban J connectivity index is 1.24. The predicted molar refractivity (Wildman–Crippen MR) is 191 cm³/mol. The minimum Gasteiger partial charge on any atom is -0.507 e. The van der Waals surface area contributed by atoms with Crippen LogP contribution in [0.15, 0.2) is 72.3 Å². The van der Waals surface area contributed by atoms with Gasteiger partial charge in [0.05, 0.1) is 5.56 Å². The van der Waals surface area contributed by atoms with Gasteiger partial charge in [-0.1, -0.05) is 107 Å². The Kier molecular flexibility index (Phi) is 11.6. The van der Waals surface area contributed by atoms with Gasteiger partial charge in [0.25, 0.3) is 0 Å². The number of hydrogen-bond acceptors (Lipinski definition) is 3. The smallest absolute Gasteiger partial charge is 0.132 e. The summed E-state index contributed by atoms with van der Waals surface area (Å²) in [6.07, 6.45) is 18.1. The highest BCUT2D eigenvalue weighted by Gasteiger charge is 2.44. The predicted octanol–water partition coefficient (Wildman–Crippen LogP) is 10.6. The zero-order valence-electron chi connectivity index (χ0n) is 28.3. The number of benzene rings is 3. The molecule has 0 fully saturated rings. The second kappa shape index (κ2) is 15.8. The Bertz CT molecular complexity index is 1460. The molecular weight excluding hydrogens is 550 g/mol. The Morgan fingerprint density at radius 3 is 2.36 bits per heavy atom. The lowest BCUT2D eigenvalue weighted by molar-refractivity contribution is 0.0729. The van der Waals surface area contributed by atoms with Crippen LogP contribution in [-0.4, -0.2) is 35.2 Å². The van der Waals surface area contributed by atoms with Crippen molar-refractivity contribution < 1.29 is 9.84 Å². The maximum atomic E-state index is 11.5. The lowest BCUT2D eigenvalue weighted by Crippen LogP contribution is -2.46. The molecular formula is C42H55NO2. The summed E-state index contributed by atoms with van der Waals surface area (Å²) in [4.78, 5) is 2.52. The highest BCUT2D eigenvalue weighted by molar-refractivity contribution is 5.82. The molecule has 0 unspecified atom stereocenters. The van der Waals surface area contributed by atoms with E-state index in [4.69, 9.17) is 4.74 Å². The van der Waals surface area contributed by atoms with E-state index >= 15 is 0 Å². The first-order valence-corrected chi connectivity index (χ1v) is 17.7. The van der Waals surface area contributed by atoms with Crippen LogP contribution in [0.4, 0.5) is 0 Å². The second-order valence-corrected chi connectivity index (χ2v) is 13.5. The molecule has 2 heterocycles. The van der Waals surface area contributed by atoms with E-state index in [2.05, 4.69) is 99.3 Å². The van der Waals surface area contributed by atoms with Crippen LogP contribution in [0.1, 0.15) is 111 Å². The molecule has 0 saturated carbocycles. The van der Waals surface area contributed by atoms with E-state index in [0.717, 1.165) is 75.9 Å². The third kappa shape index (κ3) is 8.11. The fourth-order valence-corrected chi connectivity index (χ4v) is 7.66. The average molecular weight is 606 g/mol. The van der Waals surface area contributed by atoms with Crippen LogP contribution in [0.2, 0.25) is 0 Å². The zero-order valence-corrected chi connectivity index (χ0v) is 28.3. The third-order valence-electron chi connectivity index (χ3n) is 10.1. The van der Waals surface area contributed by atoms with Crippen molar-refractivity contribution >= 4 is 11.6 Å². The monoisotopic (exact) mass is 605 g/mol. The van der Waals surface area contributed by atoms with Gasteiger partial charge in [-0.25, -0.2) is 0 Å². The standard InChI is InChI=1S/C42H55NO2/c1-5-25-42(26-6-2)38-24-28-43(27-16-21-34-18-12-10-13-19-34)31-37(38)41-39(44)29-35(30-40(41)45-42)20-11-8-7-9-14-22-36-23-15-17-32(3)33(36)4/h10,12-13,15-19,21,23,29-30,44H,5-9,11,14,20,22,24-28,31H2,1-4H3. The van der Waals surface area contributed by atoms with E-state index in [1.807, 2.05) is 6.07 Å². The SMILES string of the molecule is CCCC1(CCC)Oc2cc(CCCCCCCc3cccc(C)c3C)cc(O)c2C2=C1CCN(CC=Cc1ccccc1)C2. The summed E-state index contributed by atoms with van der Waals surface area (Å²) < 4.78 is 7.03. The number of ether oxygens (including phenoxy) is 1. The molecule has 3 nitrogen and oxygen atoms in total. The Morgan fingerprint density at radius 1 is 0.867 bits per heavy atom. The van der Waals surface area contributed by atoms with Crippen molar-refractivity contribution in [1.82, 2.24) is 4.90 Å². The van der Waals surface area contributed by atoms with Crippen LogP contribution in [0, 0.1) is 13.8 Å². The van der Waals surface area contributed by atoms with Crippen LogP contribution in [0.25, 0.3) is 11.6 Å². The number of hydrogen-bond donors (Lipinski definition) is 1. The topological polar surface area (TPSA) is 32.7 Å². The molecule has 2 aliphatic rings. The van der Waals surface area contributed by atoms with E-state index in [0.29, 0.717) is 5.75 Å². The summed E-state index contributed by atoms with van der Waals surface area (Å²) in [6.45, 7) is 11.8. The first kappa shape index (κ1) is 33.1. The van der Waals surface area contributed by atoms with Crippen molar-refractivity contribution in [3.63, 3.8) is 0 Å². The molecule has 3 aromatic rings. The van der Waals surface area contributed by atoms with Crippen molar-refractivity contribution in [3.05, 3.63) is 106 Å². The Labute approximate surface area is 273 Å². The van der Waals surface area contributed by atoms with Crippen molar-refractivity contribution in [1.29, 1.82) is 0 Å². The van der Waals surface area contributed by atoms with Crippen LogP contribution in [0.5, 0.6) is 11.5 Å². The number of unbranched alkanes of at least 4 members (excludes halogenated alkanes) is 4. The van der Waals surface area contributed by atoms with E-state index in [-0.39, 0.29) is 5.60 Å². The van der Waals surface area contributed by atoms with Gasteiger partial charge in [-0.3, -0.25) is 4.90 Å². The molecule has 5 rings (SSSR count). The number of nitrogens with zero attached hydrogens (tertiary/aromatic N) is 1. The first-order valence-electron chi connectivity index (χ1n) is 17.7. The fraction of sp³-hybridized carbons (Fsp3) is 0.476. The number of rotatable bonds is 15. The van der Waals surface area contributed by atoms with Gasteiger partial charge in [0, 0.05) is 19.6 Å². The van der Waals surface area contributed by atoms with E-state index < -0.39 is 0 Å². The normalized spacial score (nSPS) is 16.1. The average Bonchev–Trinajstić information content (AvgIpc) is 3.03. The molecule has 0 aromatic heterocycles. The number of phenols is 1. The molecule has 1 N–H and O–H groups in total. The fourth-order valence-electron chi connectivity index (χ4n) is 7.66. The van der Waals surface area contributed by atoms with Crippen LogP contribution in [-0.2, 0) is 12.8 Å². The highest BCUT2D eigenvalue weighted by atomic mass is 16.5. The van der Waals surface area contributed by atoms with Gasteiger partial charge in [-0.2, -0.15) is 0 Å². The van der Waals surface area contributed by atoms with Crippen molar-refractivity contribution in [3.8, 4) is 11.5 Å². The number of aryl methyl sites for hydroxylation is 3. The summed E-state index contributed by atoms with van der Waals surface area (Å²) in [7, 11) is 0. The lowest BCUT2D eigenvalue weighted by atomic mass is 9.75. The minimum atomic E-state index is -0.251. The molecule has 0 radical (unpaired) electrons. The summed E-state index contributed by atoms with van der Waals surface area (Å²) in [5.74, 6) is 1.30. The molecule has 0 atom stereocenters. The third-order valence-corrected chi connectivity index (χ3v) is 10.1. The molecule has 0 amide bonds. The zero-order chi connectivity index (χ0) is 31.6. The van der Waals surface area contributed by atoms with E-state index in [1.165, 1.54) is 71.1 Å². The van der Waals surface area contributed by atoms with Crippen LogP contribution in [0.3, 0.4) is 0 Å². The van der Waals surface area contributed by atoms with Gasteiger partial charge < -0.3 is 9.84 Å². The Morgan fingerprint density at radius 2 is 1.60 bits per heavy atom. The minimum absolute atomic E-state index is 0.251. The molecule has 240 valence electrons. The van der Waals surface area contributed by atoms with Gasteiger partial charge >= 0.3 is 0 Å². The van der Waals surface area contributed by atoms with Gasteiger partial charge in [-0.15, -0.1) is 0 Å². The van der Waals surface area contributed by atoms with Gasteiger partial charge in [0.1, 0.15) is 17.1 Å². The molecule has 3 heteroatoms. The number of aromatic hydroxyl groups is 1. The van der Waals surface area contributed by atoms with Gasteiger partial charge in [0.15, 0.2) is 0 Å². The summed E-state index contributed by atoms with van der Waals surface area (Å²) in [5.41, 5.74) is 10.2. The molecule has 3 aromatic carbocycles. The van der Waals surface area contributed by atoms with Crippen molar-refractivity contribution in [2.75, 3.05) is 19.6 Å². The van der Waals surface area contributed by atoms with Crippen LogP contribution < -0.4 is 4.74 Å². The first-order chi connectivity index (χ1) is 21.9.